The number of imide groups is 1. The van der Waals surface area contributed by atoms with E-state index in [9.17, 15) is 14.0 Å². The van der Waals surface area contributed by atoms with Crippen LogP contribution in [0.25, 0.3) is 6.08 Å². The summed E-state index contributed by atoms with van der Waals surface area (Å²) in [6.07, 6.45) is 1.57. The zero-order valence-corrected chi connectivity index (χ0v) is 15.9. The SMILES string of the molecule is COc1cc(C=C2NC(=O)N(Cc3ccc(F)cc3)C2=O)ccc1OC(C)C. The highest BCUT2D eigenvalue weighted by Gasteiger charge is 2.33. The summed E-state index contributed by atoms with van der Waals surface area (Å²) in [6, 6.07) is 10.4. The number of methoxy groups -OCH3 is 1. The van der Waals surface area contributed by atoms with Crippen LogP contribution in [0.5, 0.6) is 11.5 Å². The van der Waals surface area contributed by atoms with Gasteiger partial charge in [-0.2, -0.15) is 0 Å². The average molecular weight is 384 g/mol. The van der Waals surface area contributed by atoms with Gasteiger partial charge in [0.1, 0.15) is 11.5 Å². The molecule has 28 heavy (non-hydrogen) atoms. The third-order valence-electron chi connectivity index (χ3n) is 4.08. The minimum Gasteiger partial charge on any atom is -0.493 e. The Balaban J connectivity index is 1.80. The number of rotatable bonds is 6. The molecular weight excluding hydrogens is 363 g/mol. The van der Waals surface area contributed by atoms with E-state index in [4.69, 9.17) is 9.47 Å². The Morgan fingerprint density at radius 3 is 2.46 bits per heavy atom. The molecule has 1 saturated heterocycles. The van der Waals surface area contributed by atoms with Gasteiger partial charge in [-0.15, -0.1) is 0 Å². The molecule has 146 valence electrons. The van der Waals surface area contributed by atoms with Gasteiger partial charge < -0.3 is 14.8 Å². The molecule has 0 atom stereocenters. The summed E-state index contributed by atoms with van der Waals surface area (Å²) in [6.45, 7) is 3.89. The molecule has 2 aromatic rings. The Hall–Kier alpha value is -3.35. The fourth-order valence-electron chi connectivity index (χ4n) is 2.78. The van der Waals surface area contributed by atoms with E-state index in [1.54, 1.807) is 24.3 Å². The van der Waals surface area contributed by atoms with Crippen LogP contribution in [0.1, 0.15) is 25.0 Å². The fraction of sp³-hybridized carbons (Fsp3) is 0.238. The van der Waals surface area contributed by atoms with Crippen LogP contribution >= 0.6 is 0 Å². The van der Waals surface area contributed by atoms with Crippen LogP contribution in [0.4, 0.5) is 9.18 Å². The topological polar surface area (TPSA) is 67.9 Å². The largest absolute Gasteiger partial charge is 0.493 e. The Labute approximate surface area is 162 Å². The smallest absolute Gasteiger partial charge is 0.329 e. The van der Waals surface area contributed by atoms with Crippen molar-refractivity contribution < 1.29 is 23.5 Å². The van der Waals surface area contributed by atoms with Crippen molar-refractivity contribution in [3.8, 4) is 11.5 Å². The van der Waals surface area contributed by atoms with Crippen molar-refractivity contribution >= 4 is 18.0 Å². The summed E-state index contributed by atoms with van der Waals surface area (Å²) in [4.78, 5) is 25.9. The number of amides is 3. The second-order valence-corrected chi connectivity index (χ2v) is 6.58. The molecule has 0 bridgehead atoms. The van der Waals surface area contributed by atoms with E-state index in [1.165, 1.54) is 31.4 Å². The predicted octanol–water partition coefficient (Wildman–Crippen LogP) is 3.71. The van der Waals surface area contributed by atoms with Gasteiger partial charge in [-0.1, -0.05) is 18.2 Å². The third kappa shape index (κ3) is 4.31. The summed E-state index contributed by atoms with van der Waals surface area (Å²) in [5.74, 6) is 0.304. The van der Waals surface area contributed by atoms with E-state index in [2.05, 4.69) is 5.32 Å². The van der Waals surface area contributed by atoms with Gasteiger partial charge in [0.2, 0.25) is 0 Å². The van der Waals surface area contributed by atoms with Crippen LogP contribution in [-0.4, -0.2) is 30.1 Å². The molecule has 1 aliphatic rings. The van der Waals surface area contributed by atoms with Crippen LogP contribution in [0, 0.1) is 5.82 Å². The number of nitrogens with one attached hydrogen (secondary N) is 1. The summed E-state index contributed by atoms with van der Waals surface area (Å²) in [7, 11) is 1.53. The van der Waals surface area contributed by atoms with Gasteiger partial charge in [0, 0.05) is 0 Å². The lowest BCUT2D eigenvalue weighted by molar-refractivity contribution is -0.123. The van der Waals surface area contributed by atoms with Gasteiger partial charge in [0.25, 0.3) is 5.91 Å². The first-order valence-corrected chi connectivity index (χ1v) is 8.81. The molecule has 0 aliphatic carbocycles. The van der Waals surface area contributed by atoms with Crippen molar-refractivity contribution in [1.82, 2.24) is 10.2 Å². The highest BCUT2D eigenvalue weighted by atomic mass is 19.1. The zero-order chi connectivity index (χ0) is 20.3. The second kappa shape index (κ2) is 8.12. The fourth-order valence-corrected chi connectivity index (χ4v) is 2.78. The molecule has 3 amide bonds. The Morgan fingerprint density at radius 1 is 1.11 bits per heavy atom. The van der Waals surface area contributed by atoms with Crippen molar-refractivity contribution in [1.29, 1.82) is 0 Å². The maximum absolute atomic E-state index is 13.0. The van der Waals surface area contributed by atoms with E-state index in [0.29, 0.717) is 22.6 Å². The first-order chi connectivity index (χ1) is 13.4. The summed E-state index contributed by atoms with van der Waals surface area (Å²) < 4.78 is 24.0. The first-order valence-electron chi connectivity index (χ1n) is 8.81. The van der Waals surface area contributed by atoms with Gasteiger partial charge >= 0.3 is 6.03 Å². The average Bonchev–Trinajstić information content (AvgIpc) is 2.91. The van der Waals surface area contributed by atoms with Crippen LogP contribution in [-0.2, 0) is 11.3 Å². The van der Waals surface area contributed by atoms with Gasteiger partial charge in [-0.3, -0.25) is 9.69 Å². The molecule has 1 heterocycles. The molecule has 6 nitrogen and oxygen atoms in total. The quantitative estimate of drug-likeness (QED) is 0.609. The maximum atomic E-state index is 13.0. The van der Waals surface area contributed by atoms with Crippen LogP contribution < -0.4 is 14.8 Å². The number of hydrogen-bond acceptors (Lipinski definition) is 4. The molecule has 3 rings (SSSR count). The number of carbonyl (C=O) groups excluding carboxylic acids is 2. The number of urea groups is 1. The molecule has 1 fully saturated rings. The van der Waals surface area contributed by atoms with E-state index >= 15 is 0 Å². The highest BCUT2D eigenvalue weighted by molar-refractivity contribution is 6.13. The van der Waals surface area contributed by atoms with Crippen LogP contribution in [0.2, 0.25) is 0 Å². The van der Waals surface area contributed by atoms with Crippen molar-refractivity contribution in [3.63, 3.8) is 0 Å². The highest BCUT2D eigenvalue weighted by Crippen LogP contribution is 2.30. The number of carbonyl (C=O) groups is 2. The first kappa shape index (κ1) is 19.4. The summed E-state index contributed by atoms with van der Waals surface area (Å²) in [5, 5.41) is 2.57. The van der Waals surface area contributed by atoms with Crippen LogP contribution in [0.15, 0.2) is 48.2 Å². The standard InChI is InChI=1S/C21H21FN2O4/c1-13(2)28-18-9-6-15(11-19(18)27-3)10-17-20(25)24(21(26)23-17)12-14-4-7-16(22)8-5-14/h4-11,13H,12H2,1-3H3,(H,23,26). The lowest BCUT2D eigenvalue weighted by atomic mass is 10.1. The van der Waals surface area contributed by atoms with Gasteiger partial charge in [0.15, 0.2) is 11.5 Å². The van der Waals surface area contributed by atoms with Crippen molar-refractivity contribution in [2.24, 2.45) is 0 Å². The number of benzene rings is 2. The summed E-state index contributed by atoms with van der Waals surface area (Å²) >= 11 is 0. The lowest BCUT2D eigenvalue weighted by Crippen LogP contribution is -2.30. The Bertz CT molecular complexity index is 923. The molecule has 0 saturated carbocycles. The lowest BCUT2D eigenvalue weighted by Gasteiger charge is -2.14. The number of nitrogens with zero attached hydrogens (tertiary/aromatic N) is 1. The molecule has 2 aromatic carbocycles. The molecule has 0 spiro atoms. The van der Waals surface area contributed by atoms with E-state index in [-0.39, 0.29) is 24.2 Å². The second-order valence-electron chi connectivity index (χ2n) is 6.58. The molecule has 7 heteroatoms. The predicted molar refractivity (Wildman–Crippen MR) is 102 cm³/mol. The van der Waals surface area contributed by atoms with E-state index < -0.39 is 11.9 Å². The molecule has 0 aromatic heterocycles. The van der Waals surface area contributed by atoms with Gasteiger partial charge in [-0.05, 0) is 55.3 Å². The monoisotopic (exact) mass is 384 g/mol. The zero-order valence-electron chi connectivity index (χ0n) is 15.9. The van der Waals surface area contributed by atoms with E-state index in [0.717, 1.165) is 4.90 Å². The molecule has 0 unspecified atom stereocenters. The van der Waals surface area contributed by atoms with Crippen LogP contribution in [0.3, 0.4) is 0 Å². The molecule has 1 N–H and O–H groups in total. The Morgan fingerprint density at radius 2 is 1.82 bits per heavy atom. The molecule has 0 radical (unpaired) electrons. The van der Waals surface area contributed by atoms with Crippen molar-refractivity contribution in [2.75, 3.05) is 7.11 Å². The number of ether oxygens (including phenoxy) is 2. The van der Waals surface area contributed by atoms with Gasteiger partial charge in [0.05, 0.1) is 19.8 Å². The van der Waals surface area contributed by atoms with Crippen molar-refractivity contribution in [2.45, 2.75) is 26.5 Å². The minimum absolute atomic E-state index is 0.00572. The third-order valence-corrected chi connectivity index (χ3v) is 4.08. The maximum Gasteiger partial charge on any atom is 0.329 e. The molecular formula is C21H21FN2O4. The van der Waals surface area contributed by atoms with E-state index in [1.807, 2.05) is 13.8 Å². The van der Waals surface area contributed by atoms with Gasteiger partial charge in [-0.25, -0.2) is 9.18 Å². The Kier molecular flexibility index (Phi) is 5.63. The number of halogens is 1. The minimum atomic E-state index is -0.521. The normalized spacial score (nSPS) is 15.3. The number of hydrogen-bond donors (Lipinski definition) is 1. The summed E-state index contributed by atoms with van der Waals surface area (Å²) in [5.41, 5.74) is 1.50. The molecule has 1 aliphatic heterocycles. The van der Waals surface area contributed by atoms with Crippen molar-refractivity contribution in [3.05, 3.63) is 65.1 Å².